The number of hydrogen-bond acceptors (Lipinski definition) is 5. The first-order valence-electron chi connectivity index (χ1n) is 9.01. The maximum absolute atomic E-state index is 12.4. The first kappa shape index (κ1) is 21.6. The molecule has 7 nitrogen and oxygen atoms in total. The average molecular weight is 438 g/mol. The molecule has 0 bridgehead atoms. The van der Waals surface area contributed by atoms with Crippen molar-refractivity contribution in [2.45, 2.75) is 13.0 Å². The number of sulfonamides is 1. The van der Waals surface area contributed by atoms with Crippen LogP contribution < -0.4 is 19.1 Å². The Morgan fingerprint density at radius 3 is 2.50 bits per heavy atom. The van der Waals surface area contributed by atoms with Gasteiger partial charge in [0.25, 0.3) is 0 Å². The molecule has 1 amide bonds. The summed E-state index contributed by atoms with van der Waals surface area (Å²) in [6.45, 7) is -2.52. The van der Waals surface area contributed by atoms with Gasteiger partial charge in [-0.25, -0.2) is 8.42 Å². The molecule has 0 aromatic heterocycles. The van der Waals surface area contributed by atoms with E-state index in [9.17, 15) is 22.0 Å². The van der Waals surface area contributed by atoms with Gasteiger partial charge in [-0.2, -0.15) is 8.78 Å². The van der Waals surface area contributed by atoms with Crippen LogP contribution in [0.15, 0.2) is 48.5 Å². The second-order valence-electron chi connectivity index (χ2n) is 6.40. The topological polar surface area (TPSA) is 84.9 Å². The lowest BCUT2D eigenvalue weighted by atomic mass is 10.2. The van der Waals surface area contributed by atoms with Gasteiger partial charge >= 0.3 is 6.61 Å². The molecule has 0 unspecified atom stereocenters. The van der Waals surface area contributed by atoms with Crippen molar-refractivity contribution in [1.82, 2.24) is 0 Å². The number of amides is 1. The predicted octanol–water partition coefficient (Wildman–Crippen LogP) is 3.49. The van der Waals surface area contributed by atoms with E-state index >= 15 is 0 Å². The standard InChI is InChI=1S/C20H20F2N2O5S/c1-28-18-13-14(3-9-17(18)29-20(21)22)4-10-19(25)23-15-5-7-16(8-6-15)24-11-2-12-30(24,26)27/h3-10,13,20H,2,11-12H2,1H3,(H,23,25)/b10-4+. The van der Waals surface area contributed by atoms with Crippen molar-refractivity contribution in [3.05, 3.63) is 54.1 Å². The molecule has 1 heterocycles. The highest BCUT2D eigenvalue weighted by molar-refractivity contribution is 7.93. The van der Waals surface area contributed by atoms with Crippen LogP contribution in [0.4, 0.5) is 20.2 Å². The Labute approximate surface area is 173 Å². The monoisotopic (exact) mass is 438 g/mol. The molecule has 0 aliphatic carbocycles. The Morgan fingerprint density at radius 2 is 1.90 bits per heavy atom. The van der Waals surface area contributed by atoms with Crippen LogP contribution in [0.5, 0.6) is 11.5 Å². The number of benzene rings is 2. The number of hydrogen-bond donors (Lipinski definition) is 1. The van der Waals surface area contributed by atoms with E-state index in [1.54, 1.807) is 24.3 Å². The minimum atomic E-state index is -3.26. The molecule has 2 aromatic rings. The fourth-order valence-electron chi connectivity index (χ4n) is 2.98. The maximum atomic E-state index is 12.4. The molecule has 1 aliphatic rings. The van der Waals surface area contributed by atoms with Crippen LogP contribution in [-0.4, -0.2) is 40.3 Å². The van der Waals surface area contributed by atoms with Crippen molar-refractivity contribution in [2.75, 3.05) is 29.0 Å². The van der Waals surface area contributed by atoms with E-state index in [-0.39, 0.29) is 17.3 Å². The fourth-order valence-corrected chi connectivity index (χ4v) is 4.54. The summed E-state index contributed by atoms with van der Waals surface area (Å²) in [6, 6.07) is 10.8. The Morgan fingerprint density at radius 1 is 1.17 bits per heavy atom. The second-order valence-corrected chi connectivity index (χ2v) is 8.41. The fraction of sp³-hybridized carbons (Fsp3) is 0.250. The lowest BCUT2D eigenvalue weighted by Gasteiger charge is -2.17. The SMILES string of the molecule is COc1cc(/C=C/C(=O)Nc2ccc(N3CCCS3(=O)=O)cc2)ccc1OC(F)F. The summed E-state index contributed by atoms with van der Waals surface area (Å²) < 4.78 is 59.4. The van der Waals surface area contributed by atoms with Gasteiger partial charge in [-0.15, -0.1) is 0 Å². The van der Waals surface area contributed by atoms with Crippen LogP contribution in [0.25, 0.3) is 6.08 Å². The molecule has 1 fully saturated rings. The summed E-state index contributed by atoms with van der Waals surface area (Å²) in [6.07, 6.45) is 3.36. The predicted molar refractivity (Wildman–Crippen MR) is 109 cm³/mol. The van der Waals surface area contributed by atoms with Crippen molar-refractivity contribution in [3.8, 4) is 11.5 Å². The van der Waals surface area contributed by atoms with Crippen molar-refractivity contribution in [1.29, 1.82) is 0 Å². The van der Waals surface area contributed by atoms with Crippen molar-refractivity contribution in [2.24, 2.45) is 0 Å². The van der Waals surface area contributed by atoms with Crippen molar-refractivity contribution < 1.29 is 31.5 Å². The number of methoxy groups -OCH3 is 1. The zero-order chi connectivity index (χ0) is 21.7. The number of nitrogens with zero attached hydrogens (tertiary/aromatic N) is 1. The third-order valence-corrected chi connectivity index (χ3v) is 6.22. The lowest BCUT2D eigenvalue weighted by Crippen LogP contribution is -2.24. The lowest BCUT2D eigenvalue weighted by molar-refractivity contribution is -0.111. The molecule has 1 N–H and O–H groups in total. The van der Waals surface area contributed by atoms with Gasteiger partial charge in [-0.3, -0.25) is 9.10 Å². The Hall–Kier alpha value is -3.14. The molecular formula is C20H20F2N2O5S. The number of carbonyl (C=O) groups excluding carboxylic acids is 1. The number of nitrogens with one attached hydrogen (secondary N) is 1. The van der Waals surface area contributed by atoms with Gasteiger partial charge in [0, 0.05) is 18.3 Å². The highest BCUT2D eigenvalue weighted by Gasteiger charge is 2.28. The van der Waals surface area contributed by atoms with Crippen LogP contribution in [-0.2, 0) is 14.8 Å². The first-order chi connectivity index (χ1) is 14.3. The van der Waals surface area contributed by atoms with E-state index < -0.39 is 22.5 Å². The van der Waals surface area contributed by atoms with E-state index in [1.165, 1.54) is 41.8 Å². The molecule has 30 heavy (non-hydrogen) atoms. The molecule has 1 aliphatic heterocycles. The molecule has 0 spiro atoms. The van der Waals surface area contributed by atoms with E-state index in [2.05, 4.69) is 10.1 Å². The Bertz CT molecular complexity index is 1040. The largest absolute Gasteiger partial charge is 0.493 e. The number of carbonyl (C=O) groups is 1. The molecule has 160 valence electrons. The maximum Gasteiger partial charge on any atom is 0.387 e. The highest BCUT2D eigenvalue weighted by Crippen LogP contribution is 2.30. The third-order valence-electron chi connectivity index (χ3n) is 4.35. The summed E-state index contributed by atoms with van der Waals surface area (Å²) >= 11 is 0. The molecule has 0 saturated carbocycles. The number of anilines is 2. The number of alkyl halides is 2. The molecule has 0 radical (unpaired) electrons. The van der Waals surface area contributed by atoms with E-state index in [1.807, 2.05) is 0 Å². The van der Waals surface area contributed by atoms with Gasteiger partial charge in [0.05, 0.1) is 18.6 Å². The van der Waals surface area contributed by atoms with Crippen LogP contribution >= 0.6 is 0 Å². The number of halogens is 2. The molecule has 2 aromatic carbocycles. The van der Waals surface area contributed by atoms with Gasteiger partial charge in [-0.1, -0.05) is 6.07 Å². The molecule has 3 rings (SSSR count). The first-order valence-corrected chi connectivity index (χ1v) is 10.6. The summed E-state index contributed by atoms with van der Waals surface area (Å²) in [5.41, 5.74) is 1.61. The van der Waals surface area contributed by atoms with Gasteiger partial charge in [-0.05, 0) is 54.5 Å². The molecule has 1 saturated heterocycles. The van der Waals surface area contributed by atoms with Gasteiger partial charge in [0.1, 0.15) is 0 Å². The van der Waals surface area contributed by atoms with Gasteiger partial charge < -0.3 is 14.8 Å². The smallest absolute Gasteiger partial charge is 0.387 e. The summed E-state index contributed by atoms with van der Waals surface area (Å²) in [5.74, 6) is -0.265. The van der Waals surface area contributed by atoms with Crippen LogP contribution in [0.1, 0.15) is 12.0 Å². The van der Waals surface area contributed by atoms with Crippen LogP contribution in [0.3, 0.4) is 0 Å². The second kappa shape index (κ2) is 9.12. The minimum Gasteiger partial charge on any atom is -0.493 e. The van der Waals surface area contributed by atoms with Crippen LogP contribution in [0, 0.1) is 0 Å². The van der Waals surface area contributed by atoms with Crippen molar-refractivity contribution >= 4 is 33.4 Å². The molecule has 10 heteroatoms. The van der Waals surface area contributed by atoms with Crippen LogP contribution in [0.2, 0.25) is 0 Å². The normalized spacial score (nSPS) is 15.5. The number of ether oxygens (including phenoxy) is 2. The summed E-state index contributed by atoms with van der Waals surface area (Å²) in [4.78, 5) is 12.1. The Balaban J connectivity index is 1.63. The molecular weight excluding hydrogens is 418 g/mol. The summed E-state index contributed by atoms with van der Waals surface area (Å²) in [5, 5.41) is 2.67. The van der Waals surface area contributed by atoms with E-state index in [0.29, 0.717) is 29.9 Å². The van der Waals surface area contributed by atoms with E-state index in [4.69, 9.17) is 4.74 Å². The zero-order valence-corrected chi connectivity index (χ0v) is 16.9. The Kier molecular flexibility index (Phi) is 6.56. The molecule has 0 atom stereocenters. The number of rotatable bonds is 7. The summed E-state index contributed by atoms with van der Waals surface area (Å²) in [7, 11) is -1.93. The van der Waals surface area contributed by atoms with Gasteiger partial charge in [0.2, 0.25) is 15.9 Å². The average Bonchev–Trinajstić information content (AvgIpc) is 3.06. The van der Waals surface area contributed by atoms with Crippen molar-refractivity contribution in [3.63, 3.8) is 0 Å². The minimum absolute atomic E-state index is 0.103. The quantitative estimate of drug-likeness (QED) is 0.669. The third kappa shape index (κ3) is 5.26. The zero-order valence-electron chi connectivity index (χ0n) is 16.0. The highest BCUT2D eigenvalue weighted by atomic mass is 32.2. The van der Waals surface area contributed by atoms with E-state index in [0.717, 1.165) is 0 Å². The van der Waals surface area contributed by atoms with Gasteiger partial charge in [0.15, 0.2) is 11.5 Å².